The lowest BCUT2D eigenvalue weighted by Crippen LogP contribution is -2.30. The van der Waals surface area contributed by atoms with Gasteiger partial charge in [-0.25, -0.2) is 4.58 Å². The number of nitrogens with one attached hydrogen (secondary N) is 2. The number of rotatable bonds is 18. The van der Waals surface area contributed by atoms with Crippen molar-refractivity contribution in [1.29, 1.82) is 5.26 Å². The van der Waals surface area contributed by atoms with Gasteiger partial charge in [-0.05, 0) is 119 Å². The summed E-state index contributed by atoms with van der Waals surface area (Å²) < 4.78 is 15.7. The summed E-state index contributed by atoms with van der Waals surface area (Å²) in [5.74, 6) is 0.947. The largest absolute Gasteiger partial charge is 0.497 e. The van der Waals surface area contributed by atoms with Crippen molar-refractivity contribution in [2.24, 2.45) is 0 Å². The second-order valence-electron chi connectivity index (χ2n) is 14.8. The monoisotopic (exact) mass is 829 g/mol. The lowest BCUT2D eigenvalue weighted by atomic mass is 10.00. The third kappa shape index (κ3) is 9.83. The van der Waals surface area contributed by atoms with Gasteiger partial charge in [-0.3, -0.25) is 19.0 Å². The topological polar surface area (TPSA) is 133 Å². The van der Waals surface area contributed by atoms with E-state index in [1.807, 2.05) is 37.3 Å². The summed E-state index contributed by atoms with van der Waals surface area (Å²) in [6.45, 7) is 12.5. The summed E-state index contributed by atoms with van der Waals surface area (Å²) in [4.78, 5) is 41.6. The fourth-order valence-corrected chi connectivity index (χ4v) is 7.98. The molecule has 0 saturated heterocycles. The van der Waals surface area contributed by atoms with Crippen LogP contribution in [0.15, 0.2) is 83.3 Å². The minimum absolute atomic E-state index is 0.00448. The van der Waals surface area contributed by atoms with Gasteiger partial charge >= 0.3 is 0 Å². The summed E-state index contributed by atoms with van der Waals surface area (Å²) in [5, 5.41) is 19.3. The summed E-state index contributed by atoms with van der Waals surface area (Å²) in [7, 11) is 1.58. The number of halogens is 1. The first-order chi connectivity index (χ1) is 29.1. The third-order valence-corrected chi connectivity index (χ3v) is 11.4. The van der Waals surface area contributed by atoms with Crippen molar-refractivity contribution in [3.8, 4) is 23.1 Å². The van der Waals surface area contributed by atoms with Gasteiger partial charge in [0.2, 0.25) is 17.2 Å². The van der Waals surface area contributed by atoms with Crippen LogP contribution in [0.2, 0.25) is 5.02 Å². The van der Waals surface area contributed by atoms with E-state index in [-0.39, 0.29) is 24.1 Å². The molecule has 0 bridgehead atoms. The van der Waals surface area contributed by atoms with Gasteiger partial charge in [0.25, 0.3) is 5.91 Å². The Kier molecular flexibility index (Phi) is 14.7. The molecule has 0 spiro atoms. The predicted octanol–water partition coefficient (Wildman–Crippen LogP) is 8.09. The highest BCUT2D eigenvalue weighted by molar-refractivity contribution is 6.30. The highest BCUT2D eigenvalue weighted by atomic mass is 35.5. The van der Waals surface area contributed by atoms with E-state index in [1.54, 1.807) is 42.0 Å². The molecule has 2 N–H and O–H groups in total. The van der Waals surface area contributed by atoms with E-state index >= 15 is 0 Å². The van der Waals surface area contributed by atoms with Crippen LogP contribution in [-0.2, 0) is 16.0 Å². The van der Waals surface area contributed by atoms with Crippen molar-refractivity contribution < 1.29 is 23.5 Å². The Morgan fingerprint density at radius 1 is 0.867 bits per heavy atom. The molecule has 0 fully saturated rings. The van der Waals surface area contributed by atoms with Gasteiger partial charge in [-0.2, -0.15) is 5.26 Å². The number of nitrogens with zero attached hydrogens (tertiary/aromatic N) is 4. The molecular weight excluding hydrogens is 776 g/mol. The lowest BCUT2D eigenvalue weighted by Gasteiger charge is -2.24. The highest BCUT2D eigenvalue weighted by Crippen LogP contribution is 2.35. The van der Waals surface area contributed by atoms with Gasteiger partial charge in [0.1, 0.15) is 36.3 Å². The molecule has 312 valence electrons. The van der Waals surface area contributed by atoms with Gasteiger partial charge in [-0.15, -0.1) is 0 Å². The van der Waals surface area contributed by atoms with Crippen LogP contribution < -0.4 is 30.2 Å². The molecule has 2 aliphatic rings. The number of benzene rings is 4. The molecule has 0 unspecified atom stereocenters. The van der Waals surface area contributed by atoms with E-state index in [0.29, 0.717) is 70.4 Å². The standard InChI is InChI=1S/C48H53ClN6O5/c1-6-53(7-2)36-18-21-38-42(31-50)41-27-35(19-23-44(41)60-45(38)28-36)54(8-3)26-11-9-10-13-46(56)51-24-12-25-52-47(57)30-39-32(4)55(43-22-20-37(59-5)29-40(39)43)48(58)33-14-16-34(49)17-15-33/h14-23,27-29H,6-13,24-26,30H2,1-5H3,(H-,51,52,56,57)/p+1. The van der Waals surface area contributed by atoms with Crippen LogP contribution in [0, 0.1) is 18.3 Å². The van der Waals surface area contributed by atoms with Crippen molar-refractivity contribution >= 4 is 56.9 Å². The van der Waals surface area contributed by atoms with E-state index in [0.717, 1.165) is 78.4 Å². The second kappa shape index (κ2) is 20.2. The number of fused-ring (bicyclic) bond motifs is 3. The maximum Gasteiger partial charge on any atom is 0.262 e. The second-order valence-corrected chi connectivity index (χ2v) is 15.3. The molecule has 0 atom stereocenters. The molecule has 1 aliphatic carbocycles. The molecule has 3 aromatic carbocycles. The number of nitriles is 1. The smallest absolute Gasteiger partial charge is 0.262 e. The lowest BCUT2D eigenvalue weighted by molar-refractivity contribution is -0.121. The first-order valence-corrected chi connectivity index (χ1v) is 21.2. The molecule has 1 aliphatic heterocycles. The Balaban J connectivity index is 0.949. The SMILES string of the molecule is CCN(CCCCCC(=O)NCCCNC(=O)Cc1c(C)n(C(=O)c2ccc(Cl)cc2)c2ccc(OC)cc12)c1ccc2oc3cc(=[N+](CC)CC)ccc-3c(C#N)c2c1. The Labute approximate surface area is 356 Å². The van der Waals surface area contributed by atoms with Crippen LogP contribution in [0.1, 0.15) is 80.1 Å². The van der Waals surface area contributed by atoms with Crippen LogP contribution in [-0.4, -0.2) is 68.7 Å². The molecule has 2 amide bonds. The summed E-state index contributed by atoms with van der Waals surface area (Å²) in [5.41, 5.74) is 5.75. The summed E-state index contributed by atoms with van der Waals surface area (Å²) in [6.07, 6.45) is 3.71. The zero-order valence-corrected chi connectivity index (χ0v) is 36.0. The van der Waals surface area contributed by atoms with E-state index < -0.39 is 0 Å². The maximum absolute atomic E-state index is 13.6. The number of hydrogen-bond acceptors (Lipinski definition) is 7. The molecule has 1 aromatic heterocycles. The number of amides is 2. The number of unbranched alkanes of at least 4 members (excludes halogenated alkanes) is 2. The van der Waals surface area contributed by atoms with Crippen LogP contribution in [0.4, 0.5) is 5.69 Å². The number of aromatic nitrogens is 1. The van der Waals surface area contributed by atoms with Gasteiger partial charge in [-0.1, -0.05) is 18.0 Å². The Morgan fingerprint density at radius 2 is 1.62 bits per heavy atom. The average molecular weight is 830 g/mol. The van der Waals surface area contributed by atoms with Crippen LogP contribution in [0.3, 0.4) is 0 Å². The molecule has 0 radical (unpaired) electrons. The normalized spacial score (nSPS) is 11.2. The molecular formula is C48H54ClN6O5+. The van der Waals surface area contributed by atoms with Crippen molar-refractivity contribution in [1.82, 2.24) is 19.8 Å². The van der Waals surface area contributed by atoms with Crippen molar-refractivity contribution in [3.63, 3.8) is 0 Å². The van der Waals surface area contributed by atoms with E-state index in [2.05, 4.69) is 65.1 Å². The predicted molar refractivity (Wildman–Crippen MR) is 239 cm³/mol. The third-order valence-electron chi connectivity index (χ3n) is 11.2. The molecule has 6 rings (SSSR count). The Morgan fingerprint density at radius 3 is 2.32 bits per heavy atom. The van der Waals surface area contributed by atoms with E-state index in [1.165, 1.54) is 0 Å². The van der Waals surface area contributed by atoms with E-state index in [4.69, 9.17) is 20.8 Å². The fourth-order valence-electron chi connectivity index (χ4n) is 7.86. The summed E-state index contributed by atoms with van der Waals surface area (Å²) >= 11 is 6.05. The average Bonchev–Trinajstić information content (AvgIpc) is 3.53. The first-order valence-electron chi connectivity index (χ1n) is 20.9. The number of carbonyl (C=O) groups excluding carboxylic acids is 3. The Hall–Kier alpha value is -6.12. The zero-order valence-electron chi connectivity index (χ0n) is 35.2. The molecule has 0 saturated carbocycles. The Bertz CT molecular complexity index is 2580. The number of carbonyl (C=O) groups is 3. The minimum atomic E-state index is -0.211. The minimum Gasteiger partial charge on any atom is -0.497 e. The maximum atomic E-state index is 13.6. The van der Waals surface area contributed by atoms with Gasteiger partial charge in [0.05, 0.1) is 30.7 Å². The highest BCUT2D eigenvalue weighted by Gasteiger charge is 2.23. The fraction of sp³-hybridized carbons (Fsp3) is 0.354. The number of anilines is 1. The molecule has 2 heterocycles. The van der Waals surface area contributed by atoms with Gasteiger partial charge < -0.3 is 24.7 Å². The molecule has 12 heteroatoms. The van der Waals surface area contributed by atoms with Crippen LogP contribution in [0.25, 0.3) is 33.2 Å². The van der Waals surface area contributed by atoms with E-state index in [9.17, 15) is 19.6 Å². The molecule has 60 heavy (non-hydrogen) atoms. The number of hydrogen-bond donors (Lipinski definition) is 2. The van der Waals surface area contributed by atoms with Crippen molar-refractivity contribution in [3.05, 3.63) is 112 Å². The van der Waals surface area contributed by atoms with Gasteiger partial charge in [0.15, 0.2) is 0 Å². The van der Waals surface area contributed by atoms with Crippen LogP contribution >= 0.6 is 11.6 Å². The zero-order chi connectivity index (χ0) is 42.8. The molecule has 4 aromatic rings. The van der Waals surface area contributed by atoms with Crippen molar-refractivity contribution in [2.75, 3.05) is 51.3 Å². The first kappa shape index (κ1) is 43.5. The van der Waals surface area contributed by atoms with Gasteiger partial charge in [0, 0.05) is 77.0 Å². The quantitative estimate of drug-likeness (QED) is 0.0509. The van der Waals surface area contributed by atoms with Crippen LogP contribution in [0.5, 0.6) is 5.75 Å². The summed E-state index contributed by atoms with van der Waals surface area (Å²) in [6, 6.07) is 26.8. The number of methoxy groups -OCH3 is 1. The molecule has 11 nitrogen and oxygen atoms in total. The van der Waals surface area contributed by atoms with Crippen molar-refractivity contribution in [2.45, 2.75) is 66.2 Å². The number of ether oxygens (including phenoxy) is 1.